The van der Waals surface area contributed by atoms with Crippen molar-refractivity contribution in [3.63, 3.8) is 0 Å². The van der Waals surface area contributed by atoms with Crippen LogP contribution in [0.2, 0.25) is 5.02 Å². The Morgan fingerprint density at radius 3 is 2.66 bits per heavy atom. The zero-order valence-electron chi connectivity index (χ0n) is 14.4. The lowest BCUT2D eigenvalue weighted by Crippen LogP contribution is -2.24. The molecule has 1 aromatic heterocycles. The molecule has 0 saturated carbocycles. The summed E-state index contributed by atoms with van der Waals surface area (Å²) in [5.41, 5.74) is 0.926. The first-order valence-corrected chi connectivity index (χ1v) is 9.62. The molecule has 4 rings (SSSR count). The molecule has 0 N–H and O–H groups in total. The van der Waals surface area contributed by atoms with Gasteiger partial charge in [0.1, 0.15) is 22.9 Å². The standard InChI is InChI=1S/C18H11ClF3N3O3S/c19-13-9-12(28-18(20,21)22)5-6-14(13)27-17-23-8-7-16(24-17)25-10-11-3-1-2-4-15(11)29(25)26/h1-9H,10H2. The minimum absolute atomic E-state index is 0.0455. The molecule has 2 heterocycles. The zero-order valence-corrected chi connectivity index (χ0v) is 16.0. The lowest BCUT2D eigenvalue weighted by atomic mass is 10.2. The van der Waals surface area contributed by atoms with Crippen LogP contribution < -0.4 is 13.8 Å². The van der Waals surface area contributed by atoms with Gasteiger partial charge in [-0.05, 0) is 18.2 Å². The number of hydrogen-bond donors (Lipinski definition) is 0. The minimum atomic E-state index is -4.83. The number of halogens is 4. The fraction of sp³-hybridized carbons (Fsp3) is 0.111. The molecule has 3 aromatic rings. The predicted octanol–water partition coefficient (Wildman–Crippen LogP) is 4.86. The molecule has 0 bridgehead atoms. The van der Waals surface area contributed by atoms with Crippen molar-refractivity contribution in [3.8, 4) is 17.5 Å². The monoisotopic (exact) mass is 441 g/mol. The second kappa shape index (κ2) is 7.62. The first kappa shape index (κ1) is 19.6. The maximum absolute atomic E-state index is 12.7. The Labute approximate surface area is 171 Å². The molecule has 11 heteroatoms. The molecule has 1 atom stereocenters. The molecule has 2 aromatic carbocycles. The van der Waals surface area contributed by atoms with E-state index in [0.717, 1.165) is 17.7 Å². The Bertz CT molecular complexity index is 1050. The van der Waals surface area contributed by atoms with Crippen molar-refractivity contribution in [2.75, 3.05) is 4.31 Å². The van der Waals surface area contributed by atoms with Gasteiger partial charge in [-0.1, -0.05) is 29.8 Å². The highest BCUT2D eigenvalue weighted by Gasteiger charge is 2.35. The summed E-state index contributed by atoms with van der Waals surface area (Å²) < 4.78 is 60.5. The number of rotatable bonds is 4. The molecule has 0 saturated heterocycles. The second-order valence-corrected chi connectivity index (χ2v) is 7.62. The minimum Gasteiger partial charge on any atom is -0.588 e. The van der Waals surface area contributed by atoms with E-state index in [9.17, 15) is 17.7 Å². The molecule has 1 aliphatic heterocycles. The summed E-state index contributed by atoms with van der Waals surface area (Å²) in [5.74, 6) is -0.0587. The van der Waals surface area contributed by atoms with Gasteiger partial charge < -0.3 is 14.0 Å². The van der Waals surface area contributed by atoms with Crippen molar-refractivity contribution in [2.45, 2.75) is 17.8 Å². The van der Waals surface area contributed by atoms with E-state index in [4.69, 9.17) is 16.3 Å². The van der Waals surface area contributed by atoms with Gasteiger partial charge in [-0.25, -0.2) is 4.98 Å². The summed E-state index contributed by atoms with van der Waals surface area (Å²) in [6, 6.07) is 12.1. The van der Waals surface area contributed by atoms with Gasteiger partial charge in [0, 0.05) is 23.9 Å². The number of hydrogen-bond acceptors (Lipinski definition) is 6. The highest BCUT2D eigenvalue weighted by atomic mass is 35.5. The van der Waals surface area contributed by atoms with E-state index in [1.807, 2.05) is 18.2 Å². The Morgan fingerprint density at radius 1 is 1.14 bits per heavy atom. The van der Waals surface area contributed by atoms with Crippen LogP contribution in [0.1, 0.15) is 5.56 Å². The zero-order chi connectivity index (χ0) is 20.6. The van der Waals surface area contributed by atoms with Crippen LogP contribution in [0.3, 0.4) is 0 Å². The summed E-state index contributed by atoms with van der Waals surface area (Å²) in [6.45, 7) is 0.406. The van der Waals surface area contributed by atoms with Crippen molar-refractivity contribution >= 4 is 28.8 Å². The van der Waals surface area contributed by atoms with Crippen LogP contribution >= 0.6 is 11.6 Å². The second-order valence-electron chi connectivity index (χ2n) is 5.83. The SMILES string of the molecule is [O-][S+]1c2ccccc2CN1c1ccnc(Oc2ccc(OC(F)(F)F)cc2Cl)n1. The smallest absolute Gasteiger partial charge is 0.573 e. The summed E-state index contributed by atoms with van der Waals surface area (Å²) >= 11 is 4.55. The summed E-state index contributed by atoms with van der Waals surface area (Å²) in [7, 11) is 0. The fourth-order valence-electron chi connectivity index (χ4n) is 2.68. The van der Waals surface area contributed by atoms with Gasteiger partial charge in [0.05, 0.1) is 11.6 Å². The molecule has 1 unspecified atom stereocenters. The maximum Gasteiger partial charge on any atom is 0.573 e. The van der Waals surface area contributed by atoms with Gasteiger partial charge in [0.15, 0.2) is 10.7 Å². The number of ether oxygens (including phenoxy) is 2. The van der Waals surface area contributed by atoms with Crippen molar-refractivity contribution in [1.29, 1.82) is 0 Å². The van der Waals surface area contributed by atoms with Gasteiger partial charge in [0.2, 0.25) is 0 Å². The maximum atomic E-state index is 12.7. The lowest BCUT2D eigenvalue weighted by molar-refractivity contribution is -0.274. The Kier molecular flexibility index (Phi) is 5.15. The van der Waals surface area contributed by atoms with Crippen molar-refractivity contribution in [3.05, 3.63) is 65.3 Å². The van der Waals surface area contributed by atoms with Gasteiger partial charge >= 0.3 is 12.4 Å². The highest BCUT2D eigenvalue weighted by molar-refractivity contribution is 7.93. The van der Waals surface area contributed by atoms with E-state index in [2.05, 4.69) is 14.7 Å². The van der Waals surface area contributed by atoms with Crippen LogP contribution in [-0.2, 0) is 17.9 Å². The van der Waals surface area contributed by atoms with Gasteiger partial charge in [-0.3, -0.25) is 0 Å². The van der Waals surface area contributed by atoms with Crippen LogP contribution in [0, 0.1) is 0 Å². The van der Waals surface area contributed by atoms with Crippen LogP contribution in [0.4, 0.5) is 19.0 Å². The number of nitrogens with zero attached hydrogens (tertiary/aromatic N) is 3. The largest absolute Gasteiger partial charge is 0.588 e. The number of benzene rings is 2. The molecule has 0 radical (unpaired) electrons. The van der Waals surface area contributed by atoms with Crippen LogP contribution in [0.5, 0.6) is 17.5 Å². The average Bonchev–Trinajstić information content (AvgIpc) is 3.00. The normalized spacial score (nSPS) is 15.9. The van der Waals surface area contributed by atoms with Gasteiger partial charge in [-0.2, -0.15) is 9.29 Å². The van der Waals surface area contributed by atoms with Crippen molar-refractivity contribution < 1.29 is 27.2 Å². The lowest BCUT2D eigenvalue weighted by Gasteiger charge is -2.17. The number of alkyl halides is 3. The van der Waals surface area contributed by atoms with Crippen LogP contribution in [0.15, 0.2) is 59.6 Å². The molecular weight excluding hydrogens is 431 g/mol. The Morgan fingerprint density at radius 2 is 1.93 bits per heavy atom. The molecule has 150 valence electrons. The van der Waals surface area contributed by atoms with Gasteiger partial charge in [0.25, 0.3) is 0 Å². The topological polar surface area (TPSA) is 70.5 Å². The van der Waals surface area contributed by atoms with E-state index >= 15 is 0 Å². The molecular formula is C18H11ClF3N3O3S. The third-order valence-electron chi connectivity index (χ3n) is 3.89. The predicted molar refractivity (Wildman–Crippen MR) is 99.3 cm³/mol. The highest BCUT2D eigenvalue weighted by Crippen LogP contribution is 2.36. The van der Waals surface area contributed by atoms with E-state index < -0.39 is 23.5 Å². The number of fused-ring (bicyclic) bond motifs is 1. The number of anilines is 1. The van der Waals surface area contributed by atoms with Crippen LogP contribution in [0.25, 0.3) is 0 Å². The third kappa shape index (κ3) is 4.34. The quantitative estimate of drug-likeness (QED) is 0.538. The van der Waals surface area contributed by atoms with E-state index in [0.29, 0.717) is 17.3 Å². The molecule has 0 aliphatic carbocycles. The fourth-order valence-corrected chi connectivity index (χ4v) is 4.21. The molecule has 1 aliphatic rings. The molecule has 0 amide bonds. The van der Waals surface area contributed by atoms with Crippen molar-refractivity contribution in [1.82, 2.24) is 9.97 Å². The molecule has 6 nitrogen and oxygen atoms in total. The van der Waals surface area contributed by atoms with Gasteiger partial charge in [-0.15, -0.1) is 13.2 Å². The Hall–Kier alpha value is -2.69. The average molecular weight is 442 g/mol. The molecule has 29 heavy (non-hydrogen) atoms. The summed E-state index contributed by atoms with van der Waals surface area (Å²) in [4.78, 5) is 8.92. The van der Waals surface area contributed by atoms with Crippen molar-refractivity contribution in [2.24, 2.45) is 0 Å². The Balaban J connectivity index is 1.53. The number of aromatic nitrogens is 2. The van der Waals surface area contributed by atoms with E-state index in [-0.39, 0.29) is 16.8 Å². The first-order valence-electron chi connectivity index (χ1n) is 8.14. The van der Waals surface area contributed by atoms with E-state index in [1.165, 1.54) is 12.3 Å². The summed E-state index contributed by atoms with van der Waals surface area (Å²) in [6.07, 6.45) is -3.40. The molecule has 0 spiro atoms. The molecule has 0 fully saturated rings. The van der Waals surface area contributed by atoms with E-state index in [1.54, 1.807) is 16.4 Å². The first-order chi connectivity index (χ1) is 13.8. The third-order valence-corrected chi connectivity index (χ3v) is 5.67. The van der Waals surface area contributed by atoms with Crippen LogP contribution in [-0.4, -0.2) is 20.9 Å². The summed E-state index contributed by atoms with van der Waals surface area (Å²) in [5, 5.41) is -0.113.